The van der Waals surface area contributed by atoms with Crippen LogP contribution >= 0.6 is 0 Å². The van der Waals surface area contributed by atoms with Crippen LogP contribution in [0, 0.1) is 5.82 Å². The predicted octanol–water partition coefficient (Wildman–Crippen LogP) is 0.306. The lowest BCUT2D eigenvalue weighted by atomic mass is 10.2. The Morgan fingerprint density at radius 2 is 2.06 bits per heavy atom. The number of H-pyrrole nitrogens is 1. The number of nitrogen functional groups attached to an aromatic ring is 1. The zero-order valence-electron chi connectivity index (χ0n) is 8.81. The summed E-state index contributed by atoms with van der Waals surface area (Å²) in [6.07, 6.45) is 1.35. The highest BCUT2D eigenvalue weighted by molar-refractivity contribution is 5.41. The minimum absolute atomic E-state index is 0.150. The van der Waals surface area contributed by atoms with Gasteiger partial charge in [-0.2, -0.15) is 0 Å². The second kappa shape index (κ2) is 4.25. The number of hydrogen-bond donors (Lipinski definition) is 2. The van der Waals surface area contributed by atoms with Gasteiger partial charge in [-0.05, 0) is 23.8 Å². The van der Waals surface area contributed by atoms with Gasteiger partial charge in [-0.15, -0.1) is 0 Å². The molecule has 1 heterocycles. The van der Waals surface area contributed by atoms with E-state index in [-0.39, 0.29) is 12.2 Å². The third kappa shape index (κ3) is 2.60. The van der Waals surface area contributed by atoms with Gasteiger partial charge in [0.25, 0.3) is 5.56 Å². The second-order valence-electron chi connectivity index (χ2n) is 3.63. The van der Waals surface area contributed by atoms with Crippen molar-refractivity contribution in [3.8, 4) is 0 Å². The van der Waals surface area contributed by atoms with Crippen LogP contribution in [0.4, 0.5) is 10.1 Å². The first-order chi connectivity index (χ1) is 8.04. The van der Waals surface area contributed by atoms with Crippen LogP contribution in [0.25, 0.3) is 0 Å². The molecule has 0 aliphatic heterocycles. The molecule has 88 valence electrons. The molecular formula is C11H10FN3O2. The SMILES string of the molecule is Nc1cc(F)cc(Cn2ccc(=O)[nH]c2=O)c1. The molecule has 3 N–H and O–H groups in total. The van der Waals surface area contributed by atoms with Crippen LogP contribution in [0.15, 0.2) is 40.1 Å². The Labute approximate surface area is 95.3 Å². The number of nitrogens with two attached hydrogens (primary N) is 1. The maximum Gasteiger partial charge on any atom is 0.328 e. The topological polar surface area (TPSA) is 80.9 Å². The molecular weight excluding hydrogens is 225 g/mol. The molecule has 2 aromatic rings. The van der Waals surface area contributed by atoms with E-state index < -0.39 is 17.1 Å². The molecule has 0 fully saturated rings. The average Bonchev–Trinajstić information content (AvgIpc) is 2.21. The van der Waals surface area contributed by atoms with Gasteiger partial charge in [0, 0.05) is 18.0 Å². The van der Waals surface area contributed by atoms with E-state index in [9.17, 15) is 14.0 Å². The molecule has 0 aliphatic rings. The van der Waals surface area contributed by atoms with Gasteiger partial charge in [0.1, 0.15) is 5.82 Å². The Hall–Kier alpha value is -2.37. The van der Waals surface area contributed by atoms with Crippen molar-refractivity contribution in [2.75, 3.05) is 5.73 Å². The molecule has 0 atom stereocenters. The van der Waals surface area contributed by atoms with Crippen LogP contribution in [0.3, 0.4) is 0 Å². The van der Waals surface area contributed by atoms with Crippen LogP contribution in [-0.2, 0) is 6.54 Å². The van der Waals surface area contributed by atoms with Gasteiger partial charge in [0.2, 0.25) is 0 Å². The smallest absolute Gasteiger partial charge is 0.328 e. The van der Waals surface area contributed by atoms with E-state index in [0.29, 0.717) is 5.56 Å². The molecule has 0 aliphatic carbocycles. The lowest BCUT2D eigenvalue weighted by molar-refractivity contribution is 0.622. The van der Waals surface area contributed by atoms with Crippen molar-refractivity contribution in [3.05, 3.63) is 62.7 Å². The first-order valence-electron chi connectivity index (χ1n) is 4.89. The molecule has 0 saturated carbocycles. The van der Waals surface area contributed by atoms with Crippen LogP contribution < -0.4 is 17.0 Å². The third-order valence-electron chi connectivity index (χ3n) is 2.23. The lowest BCUT2D eigenvalue weighted by Crippen LogP contribution is -2.28. The summed E-state index contributed by atoms with van der Waals surface area (Å²) >= 11 is 0. The molecule has 17 heavy (non-hydrogen) atoms. The molecule has 2 rings (SSSR count). The summed E-state index contributed by atoms with van der Waals surface area (Å²) < 4.78 is 14.3. The van der Waals surface area contributed by atoms with Crippen LogP contribution in [0.1, 0.15) is 5.56 Å². The average molecular weight is 235 g/mol. The molecule has 0 amide bonds. The standard InChI is InChI=1S/C11H10FN3O2/c12-8-3-7(4-9(13)5-8)6-15-2-1-10(16)14-11(15)17/h1-5H,6,13H2,(H,14,16,17). The molecule has 0 saturated heterocycles. The van der Waals surface area contributed by atoms with Crippen molar-refractivity contribution in [1.29, 1.82) is 0 Å². The summed E-state index contributed by atoms with van der Waals surface area (Å²) in [4.78, 5) is 24.4. The Morgan fingerprint density at radius 3 is 2.71 bits per heavy atom. The van der Waals surface area contributed by atoms with Gasteiger partial charge < -0.3 is 5.73 Å². The molecule has 1 aromatic heterocycles. The summed E-state index contributed by atoms with van der Waals surface area (Å²) in [5.41, 5.74) is 5.32. The number of anilines is 1. The fourth-order valence-electron chi connectivity index (χ4n) is 1.53. The predicted molar refractivity (Wildman–Crippen MR) is 61.2 cm³/mol. The molecule has 1 aromatic carbocycles. The number of aromatic nitrogens is 2. The first-order valence-corrected chi connectivity index (χ1v) is 4.89. The normalized spacial score (nSPS) is 10.4. The summed E-state index contributed by atoms with van der Waals surface area (Å²) in [6.45, 7) is 0.150. The van der Waals surface area contributed by atoms with E-state index in [1.165, 1.54) is 29.0 Å². The number of benzene rings is 1. The largest absolute Gasteiger partial charge is 0.399 e. The van der Waals surface area contributed by atoms with Gasteiger partial charge in [0.15, 0.2) is 0 Å². The molecule has 0 bridgehead atoms. The fraction of sp³-hybridized carbons (Fsp3) is 0.0909. The Kier molecular flexibility index (Phi) is 2.78. The quantitative estimate of drug-likeness (QED) is 0.735. The molecule has 5 nitrogen and oxygen atoms in total. The summed E-state index contributed by atoms with van der Waals surface area (Å²) in [5, 5.41) is 0. The summed E-state index contributed by atoms with van der Waals surface area (Å²) in [5.74, 6) is -0.461. The van der Waals surface area contributed by atoms with Gasteiger partial charge >= 0.3 is 5.69 Å². The lowest BCUT2D eigenvalue weighted by Gasteiger charge is -2.05. The number of nitrogens with zero attached hydrogens (tertiary/aromatic N) is 1. The summed E-state index contributed by atoms with van der Waals surface area (Å²) in [7, 11) is 0. The second-order valence-corrected chi connectivity index (χ2v) is 3.63. The van der Waals surface area contributed by atoms with Gasteiger partial charge in [-0.25, -0.2) is 9.18 Å². The van der Waals surface area contributed by atoms with E-state index in [4.69, 9.17) is 5.73 Å². The highest BCUT2D eigenvalue weighted by atomic mass is 19.1. The van der Waals surface area contributed by atoms with E-state index in [1.807, 2.05) is 0 Å². The van der Waals surface area contributed by atoms with E-state index in [0.717, 1.165) is 0 Å². The monoisotopic (exact) mass is 235 g/mol. The van der Waals surface area contributed by atoms with E-state index in [2.05, 4.69) is 4.98 Å². The van der Waals surface area contributed by atoms with Crippen LogP contribution in [0.2, 0.25) is 0 Å². The van der Waals surface area contributed by atoms with Crippen molar-refractivity contribution in [2.45, 2.75) is 6.54 Å². The summed E-state index contributed by atoms with van der Waals surface area (Å²) in [6, 6.07) is 5.28. The number of hydrogen-bond acceptors (Lipinski definition) is 3. The number of rotatable bonds is 2. The molecule has 0 spiro atoms. The number of nitrogens with one attached hydrogen (secondary N) is 1. The highest BCUT2D eigenvalue weighted by Crippen LogP contribution is 2.11. The van der Waals surface area contributed by atoms with Crippen molar-refractivity contribution in [3.63, 3.8) is 0 Å². The first kappa shape index (κ1) is 11.1. The number of halogens is 1. The molecule has 0 unspecified atom stereocenters. The maximum atomic E-state index is 13.1. The van der Waals surface area contributed by atoms with Crippen LogP contribution in [-0.4, -0.2) is 9.55 Å². The zero-order chi connectivity index (χ0) is 12.4. The van der Waals surface area contributed by atoms with Crippen molar-refractivity contribution >= 4 is 5.69 Å². The van der Waals surface area contributed by atoms with E-state index >= 15 is 0 Å². The Morgan fingerprint density at radius 1 is 1.29 bits per heavy atom. The fourth-order valence-corrected chi connectivity index (χ4v) is 1.53. The number of aromatic amines is 1. The molecule has 0 radical (unpaired) electrons. The maximum absolute atomic E-state index is 13.1. The Bertz CT molecular complexity index is 640. The van der Waals surface area contributed by atoms with Crippen molar-refractivity contribution in [1.82, 2.24) is 9.55 Å². The van der Waals surface area contributed by atoms with Gasteiger partial charge in [0.05, 0.1) is 6.54 Å². The van der Waals surface area contributed by atoms with Crippen molar-refractivity contribution in [2.24, 2.45) is 0 Å². The highest BCUT2D eigenvalue weighted by Gasteiger charge is 2.01. The Balaban J connectivity index is 2.38. The van der Waals surface area contributed by atoms with Crippen molar-refractivity contribution < 1.29 is 4.39 Å². The van der Waals surface area contributed by atoms with Gasteiger partial charge in [-0.1, -0.05) is 0 Å². The van der Waals surface area contributed by atoms with Gasteiger partial charge in [-0.3, -0.25) is 14.3 Å². The minimum atomic E-state index is -0.541. The van der Waals surface area contributed by atoms with E-state index in [1.54, 1.807) is 6.07 Å². The zero-order valence-corrected chi connectivity index (χ0v) is 8.81. The third-order valence-corrected chi connectivity index (χ3v) is 2.23. The van der Waals surface area contributed by atoms with Crippen LogP contribution in [0.5, 0.6) is 0 Å². The minimum Gasteiger partial charge on any atom is -0.399 e. The molecule has 6 heteroatoms.